The van der Waals surface area contributed by atoms with E-state index in [1.807, 2.05) is 0 Å². The maximum absolute atomic E-state index is 12.4. The molecule has 1 N–H and O–H groups in total. The van der Waals surface area contributed by atoms with E-state index in [0.29, 0.717) is 38.1 Å². The second-order valence-corrected chi connectivity index (χ2v) is 6.63. The molecule has 0 radical (unpaired) electrons. The van der Waals surface area contributed by atoms with Crippen molar-refractivity contribution >= 4 is 29.5 Å². The van der Waals surface area contributed by atoms with Gasteiger partial charge in [0.15, 0.2) is 0 Å². The van der Waals surface area contributed by atoms with Crippen molar-refractivity contribution in [2.75, 3.05) is 19.6 Å². The van der Waals surface area contributed by atoms with Crippen molar-refractivity contribution in [3.05, 3.63) is 24.3 Å². The Hall–Kier alpha value is -2.77. The first-order valence-electron chi connectivity index (χ1n) is 8.76. The van der Waals surface area contributed by atoms with Crippen LogP contribution in [0.25, 0.3) is 0 Å². The van der Waals surface area contributed by atoms with Gasteiger partial charge in [-0.3, -0.25) is 19.3 Å². The molecule has 8 nitrogen and oxygen atoms in total. The van der Waals surface area contributed by atoms with Gasteiger partial charge in [0, 0.05) is 26.1 Å². The van der Waals surface area contributed by atoms with Gasteiger partial charge in [-0.15, -0.1) is 0 Å². The number of aliphatic imine (C=N–C) groups is 1. The molecule has 2 heterocycles. The monoisotopic (exact) mass is 359 g/mol. The summed E-state index contributed by atoms with van der Waals surface area (Å²) in [6.07, 6.45) is 8.35. The van der Waals surface area contributed by atoms with Crippen LogP contribution in [-0.4, -0.2) is 64.1 Å². The van der Waals surface area contributed by atoms with Crippen molar-refractivity contribution in [3.63, 3.8) is 0 Å². The molecule has 0 aromatic heterocycles. The zero-order valence-electron chi connectivity index (χ0n) is 14.3. The number of hydrogen-bond acceptors (Lipinski definition) is 4. The van der Waals surface area contributed by atoms with Gasteiger partial charge in [0.2, 0.25) is 11.8 Å². The number of carboxylic acid groups (broad SMARTS) is 1. The summed E-state index contributed by atoms with van der Waals surface area (Å²) in [4.78, 5) is 54.4. The largest absolute Gasteiger partial charge is 0.481 e. The lowest BCUT2D eigenvalue weighted by molar-refractivity contribution is -0.145. The van der Waals surface area contributed by atoms with Crippen LogP contribution in [0.1, 0.15) is 25.7 Å². The Labute approximate surface area is 150 Å². The van der Waals surface area contributed by atoms with E-state index in [9.17, 15) is 19.2 Å². The van der Waals surface area contributed by atoms with Crippen molar-refractivity contribution in [3.8, 4) is 0 Å². The number of carbonyl (C=O) groups is 4. The minimum atomic E-state index is -0.814. The number of imide groups is 1. The predicted octanol–water partition coefficient (Wildman–Crippen LogP) is 1.24. The highest BCUT2D eigenvalue weighted by Gasteiger charge is 2.35. The van der Waals surface area contributed by atoms with Crippen LogP contribution in [0.15, 0.2) is 29.3 Å². The van der Waals surface area contributed by atoms with Crippen LogP contribution in [0, 0.1) is 11.8 Å². The number of amides is 4. The third kappa shape index (κ3) is 3.74. The summed E-state index contributed by atoms with van der Waals surface area (Å²) < 4.78 is 0. The highest BCUT2D eigenvalue weighted by atomic mass is 16.4. The molecule has 0 aromatic rings. The van der Waals surface area contributed by atoms with Crippen LogP contribution >= 0.6 is 0 Å². The molecule has 2 aliphatic heterocycles. The average molecular weight is 359 g/mol. The molecule has 8 heteroatoms. The average Bonchev–Trinajstić information content (AvgIpc) is 2.64. The smallest absolute Gasteiger partial charge is 0.350 e. The Kier molecular flexibility index (Phi) is 5.29. The zero-order valence-corrected chi connectivity index (χ0v) is 14.3. The highest BCUT2D eigenvalue weighted by Crippen LogP contribution is 2.21. The number of carbonyl (C=O) groups excluding carboxylic acids is 3. The molecule has 26 heavy (non-hydrogen) atoms. The third-order valence-electron chi connectivity index (χ3n) is 4.96. The number of rotatable bonds is 5. The number of piperidine rings is 1. The van der Waals surface area contributed by atoms with E-state index >= 15 is 0 Å². The highest BCUT2D eigenvalue weighted by molar-refractivity contribution is 6.21. The topological polar surface area (TPSA) is 107 Å². The molecule has 138 valence electrons. The standard InChI is InChI=1S/C18H21N3O5/c22-15(20-10-7-12(8-11-20)17(24)25)6-3-9-21-16(23)13-4-1-2-5-14(13)19-18(21)26/h1-2,4-5,12-13H,3,6-11H2,(H,24,25). The van der Waals surface area contributed by atoms with Gasteiger partial charge in [-0.05, 0) is 25.3 Å². The Bertz CT molecular complexity index is 716. The van der Waals surface area contributed by atoms with Crippen LogP contribution in [0.4, 0.5) is 4.79 Å². The first-order valence-corrected chi connectivity index (χ1v) is 8.76. The van der Waals surface area contributed by atoms with Crippen molar-refractivity contribution < 1.29 is 24.3 Å². The van der Waals surface area contributed by atoms with Gasteiger partial charge in [0.1, 0.15) is 0 Å². The molecule has 3 aliphatic rings. The zero-order chi connectivity index (χ0) is 18.7. The van der Waals surface area contributed by atoms with E-state index in [4.69, 9.17) is 5.11 Å². The van der Waals surface area contributed by atoms with Crippen LogP contribution in [0.5, 0.6) is 0 Å². The van der Waals surface area contributed by atoms with Gasteiger partial charge in [0.05, 0.1) is 17.5 Å². The van der Waals surface area contributed by atoms with Gasteiger partial charge >= 0.3 is 12.0 Å². The molecule has 0 spiro atoms. The second-order valence-electron chi connectivity index (χ2n) is 6.63. The maximum atomic E-state index is 12.4. The molecular formula is C18H21N3O5. The van der Waals surface area contributed by atoms with Gasteiger partial charge in [-0.1, -0.05) is 18.2 Å². The number of aliphatic carboxylic acids is 1. The fourth-order valence-corrected chi connectivity index (χ4v) is 3.41. The Morgan fingerprint density at radius 1 is 1.19 bits per heavy atom. The number of urea groups is 1. The van der Waals surface area contributed by atoms with Crippen LogP contribution in [-0.2, 0) is 14.4 Å². The van der Waals surface area contributed by atoms with E-state index in [2.05, 4.69) is 4.99 Å². The number of allylic oxidation sites excluding steroid dienone is 3. The Morgan fingerprint density at radius 3 is 2.62 bits per heavy atom. The number of fused-ring (bicyclic) bond motifs is 1. The molecule has 4 amide bonds. The fourth-order valence-electron chi connectivity index (χ4n) is 3.41. The number of nitrogens with zero attached hydrogens (tertiary/aromatic N) is 3. The van der Waals surface area contributed by atoms with Crippen molar-refractivity contribution in [2.45, 2.75) is 25.7 Å². The summed E-state index contributed by atoms with van der Waals surface area (Å²) in [5, 5.41) is 8.99. The summed E-state index contributed by atoms with van der Waals surface area (Å²) in [6.45, 7) is 1.02. The summed E-state index contributed by atoms with van der Waals surface area (Å²) in [6, 6.07) is -0.587. The predicted molar refractivity (Wildman–Crippen MR) is 92.5 cm³/mol. The van der Waals surface area contributed by atoms with Crippen molar-refractivity contribution in [1.29, 1.82) is 0 Å². The molecule has 0 bridgehead atoms. The van der Waals surface area contributed by atoms with E-state index < -0.39 is 17.9 Å². The quantitative estimate of drug-likeness (QED) is 0.794. The van der Waals surface area contributed by atoms with E-state index in [1.165, 1.54) is 0 Å². The van der Waals surface area contributed by atoms with E-state index in [0.717, 1.165) is 4.90 Å². The van der Waals surface area contributed by atoms with Crippen molar-refractivity contribution in [1.82, 2.24) is 9.80 Å². The summed E-state index contributed by atoms with van der Waals surface area (Å²) in [5.41, 5.74) is 0.455. The number of hydrogen-bond donors (Lipinski definition) is 1. The molecule has 1 aliphatic carbocycles. The molecule has 1 fully saturated rings. The third-order valence-corrected chi connectivity index (χ3v) is 4.96. The second kappa shape index (κ2) is 7.63. The Morgan fingerprint density at radius 2 is 1.92 bits per heavy atom. The van der Waals surface area contributed by atoms with Gasteiger partial charge in [0.25, 0.3) is 0 Å². The summed E-state index contributed by atoms with van der Waals surface area (Å²) >= 11 is 0. The van der Waals surface area contributed by atoms with Crippen LogP contribution in [0.3, 0.4) is 0 Å². The molecule has 0 aromatic carbocycles. The lowest BCUT2D eigenvalue weighted by atomic mass is 9.95. The van der Waals surface area contributed by atoms with Crippen LogP contribution in [0.2, 0.25) is 0 Å². The first-order chi connectivity index (χ1) is 12.5. The van der Waals surface area contributed by atoms with E-state index in [1.54, 1.807) is 29.2 Å². The van der Waals surface area contributed by atoms with Gasteiger partial charge in [-0.2, -0.15) is 4.99 Å². The maximum Gasteiger partial charge on any atom is 0.350 e. The molecular weight excluding hydrogens is 338 g/mol. The molecule has 1 atom stereocenters. The van der Waals surface area contributed by atoms with Gasteiger partial charge < -0.3 is 10.0 Å². The minimum absolute atomic E-state index is 0.0737. The fraction of sp³-hybridized carbons (Fsp3) is 0.500. The lowest BCUT2D eigenvalue weighted by Gasteiger charge is -2.31. The van der Waals surface area contributed by atoms with Crippen molar-refractivity contribution in [2.24, 2.45) is 16.8 Å². The first kappa shape index (κ1) is 18.0. The van der Waals surface area contributed by atoms with Crippen LogP contribution < -0.4 is 0 Å². The van der Waals surface area contributed by atoms with Gasteiger partial charge in [-0.25, -0.2) is 4.79 Å². The number of likely N-dealkylation sites (tertiary alicyclic amines) is 1. The minimum Gasteiger partial charge on any atom is -0.481 e. The molecule has 1 unspecified atom stereocenters. The van der Waals surface area contributed by atoms with E-state index in [-0.39, 0.29) is 30.7 Å². The number of carboxylic acids is 1. The molecule has 3 rings (SSSR count). The normalized spacial score (nSPS) is 23.1. The SMILES string of the molecule is O=C(O)C1CCN(C(=O)CCCN2C(=O)N=C3C=CC=CC3C2=O)CC1. The Balaban J connectivity index is 1.48. The molecule has 1 saturated heterocycles. The summed E-state index contributed by atoms with van der Waals surface area (Å²) in [7, 11) is 0. The lowest BCUT2D eigenvalue weighted by Crippen LogP contribution is -2.46. The summed E-state index contributed by atoms with van der Waals surface area (Å²) in [5.74, 6) is -2.10. The molecule has 0 saturated carbocycles.